The van der Waals surface area contributed by atoms with E-state index in [1.54, 1.807) is 12.1 Å². The number of nitrogens with zero attached hydrogens (tertiary/aromatic N) is 2. The van der Waals surface area contributed by atoms with E-state index in [-0.39, 0.29) is 12.2 Å². The third kappa shape index (κ3) is 2.92. The van der Waals surface area contributed by atoms with Gasteiger partial charge in [-0.1, -0.05) is 29.3 Å². The SMILES string of the molecule is Fc1cccc(Cl)c1Cc1nc(Cl)c(I)c(C2CC2)n1. The van der Waals surface area contributed by atoms with Gasteiger partial charge in [0.15, 0.2) is 0 Å². The lowest BCUT2D eigenvalue weighted by Crippen LogP contribution is -2.05. The molecule has 0 bridgehead atoms. The standard InChI is InChI=1S/C14H10Cl2FIN2/c15-9-2-1-3-10(17)8(9)6-11-19-13(7-4-5-7)12(18)14(16)20-11/h1-3,7H,4-6H2. The van der Waals surface area contributed by atoms with E-state index in [2.05, 4.69) is 32.6 Å². The number of benzene rings is 1. The van der Waals surface area contributed by atoms with Crippen LogP contribution in [-0.4, -0.2) is 9.97 Å². The van der Waals surface area contributed by atoms with E-state index in [0.29, 0.717) is 27.5 Å². The van der Waals surface area contributed by atoms with Crippen LogP contribution in [0.5, 0.6) is 0 Å². The Kier molecular flexibility index (Phi) is 4.15. The topological polar surface area (TPSA) is 25.8 Å². The van der Waals surface area contributed by atoms with Crippen molar-refractivity contribution in [3.63, 3.8) is 0 Å². The van der Waals surface area contributed by atoms with Gasteiger partial charge in [0.1, 0.15) is 16.8 Å². The second-order valence-corrected chi connectivity index (χ2v) is 6.63. The van der Waals surface area contributed by atoms with Crippen molar-refractivity contribution in [3.8, 4) is 0 Å². The monoisotopic (exact) mass is 422 g/mol. The first-order valence-corrected chi connectivity index (χ1v) is 8.04. The van der Waals surface area contributed by atoms with Crippen molar-refractivity contribution >= 4 is 45.8 Å². The molecule has 3 rings (SSSR count). The second kappa shape index (κ2) is 5.73. The largest absolute Gasteiger partial charge is 0.236 e. The highest BCUT2D eigenvalue weighted by Crippen LogP contribution is 2.42. The molecule has 0 atom stereocenters. The van der Waals surface area contributed by atoms with Crippen LogP contribution in [0.3, 0.4) is 0 Å². The van der Waals surface area contributed by atoms with Crippen LogP contribution < -0.4 is 0 Å². The Morgan fingerprint density at radius 2 is 2.00 bits per heavy atom. The summed E-state index contributed by atoms with van der Waals surface area (Å²) in [5.41, 5.74) is 1.39. The zero-order chi connectivity index (χ0) is 14.3. The summed E-state index contributed by atoms with van der Waals surface area (Å²) in [6.07, 6.45) is 2.51. The fourth-order valence-electron chi connectivity index (χ4n) is 2.05. The van der Waals surface area contributed by atoms with Gasteiger partial charge in [0.05, 0.1) is 9.26 Å². The molecule has 0 aliphatic heterocycles. The summed E-state index contributed by atoms with van der Waals surface area (Å²) in [4.78, 5) is 8.79. The highest BCUT2D eigenvalue weighted by Gasteiger charge is 2.29. The highest BCUT2D eigenvalue weighted by atomic mass is 127. The molecule has 0 spiro atoms. The van der Waals surface area contributed by atoms with Gasteiger partial charge in [-0.25, -0.2) is 14.4 Å². The Balaban J connectivity index is 1.99. The highest BCUT2D eigenvalue weighted by molar-refractivity contribution is 14.1. The summed E-state index contributed by atoms with van der Waals surface area (Å²) < 4.78 is 14.7. The van der Waals surface area contributed by atoms with Gasteiger partial charge in [-0.3, -0.25) is 0 Å². The first-order chi connectivity index (χ1) is 9.56. The van der Waals surface area contributed by atoms with E-state index >= 15 is 0 Å². The summed E-state index contributed by atoms with van der Waals surface area (Å²) >= 11 is 14.4. The Bertz CT molecular complexity index is 654. The summed E-state index contributed by atoms with van der Waals surface area (Å²) in [6.45, 7) is 0. The molecule has 1 fully saturated rings. The quantitative estimate of drug-likeness (QED) is 0.514. The van der Waals surface area contributed by atoms with Gasteiger partial charge in [-0.2, -0.15) is 0 Å². The van der Waals surface area contributed by atoms with Crippen molar-refractivity contribution in [2.24, 2.45) is 0 Å². The molecule has 6 heteroatoms. The van der Waals surface area contributed by atoms with Crippen LogP contribution in [-0.2, 0) is 6.42 Å². The predicted octanol–water partition coefficient (Wildman–Crippen LogP) is 5.00. The van der Waals surface area contributed by atoms with Crippen molar-refractivity contribution in [2.75, 3.05) is 0 Å². The minimum atomic E-state index is -0.344. The molecule has 0 saturated heterocycles. The van der Waals surface area contributed by atoms with Crippen LogP contribution >= 0.6 is 45.8 Å². The molecule has 0 radical (unpaired) electrons. The van der Waals surface area contributed by atoms with Crippen LogP contribution in [0.1, 0.15) is 35.8 Å². The van der Waals surface area contributed by atoms with Crippen molar-refractivity contribution in [1.29, 1.82) is 0 Å². The van der Waals surface area contributed by atoms with E-state index in [4.69, 9.17) is 23.2 Å². The predicted molar refractivity (Wildman–Crippen MR) is 86.0 cm³/mol. The minimum absolute atomic E-state index is 0.252. The fourth-order valence-corrected chi connectivity index (χ4v) is 3.15. The molecule has 2 aromatic rings. The Morgan fingerprint density at radius 1 is 1.25 bits per heavy atom. The maximum absolute atomic E-state index is 13.8. The Morgan fingerprint density at radius 3 is 2.65 bits per heavy atom. The summed E-state index contributed by atoms with van der Waals surface area (Å²) in [5.74, 6) is 0.644. The zero-order valence-electron chi connectivity index (χ0n) is 10.3. The van der Waals surface area contributed by atoms with Crippen LogP contribution in [0.2, 0.25) is 10.2 Å². The van der Waals surface area contributed by atoms with Crippen LogP contribution in [0.25, 0.3) is 0 Å². The van der Waals surface area contributed by atoms with Crippen LogP contribution in [0.4, 0.5) is 4.39 Å². The number of rotatable bonds is 3. The number of hydrogen-bond donors (Lipinski definition) is 0. The zero-order valence-corrected chi connectivity index (χ0v) is 14.0. The molecule has 1 aliphatic rings. The molecule has 1 heterocycles. The smallest absolute Gasteiger partial charge is 0.146 e. The lowest BCUT2D eigenvalue weighted by Gasteiger charge is -2.09. The third-order valence-corrected chi connectivity index (χ3v) is 5.25. The maximum Gasteiger partial charge on any atom is 0.146 e. The van der Waals surface area contributed by atoms with E-state index in [1.165, 1.54) is 6.07 Å². The second-order valence-electron chi connectivity index (χ2n) is 4.78. The Labute approximate surface area is 139 Å². The molecule has 0 N–H and O–H groups in total. The molecule has 0 amide bonds. The number of hydrogen-bond acceptors (Lipinski definition) is 2. The van der Waals surface area contributed by atoms with Crippen molar-refractivity contribution in [1.82, 2.24) is 9.97 Å². The van der Waals surface area contributed by atoms with E-state index in [9.17, 15) is 4.39 Å². The van der Waals surface area contributed by atoms with E-state index in [0.717, 1.165) is 22.1 Å². The third-order valence-electron chi connectivity index (χ3n) is 3.24. The van der Waals surface area contributed by atoms with Crippen molar-refractivity contribution in [2.45, 2.75) is 25.2 Å². The van der Waals surface area contributed by atoms with E-state index < -0.39 is 0 Å². The summed E-state index contributed by atoms with van der Waals surface area (Å²) in [7, 11) is 0. The lowest BCUT2D eigenvalue weighted by atomic mass is 10.1. The molecule has 2 nitrogen and oxygen atoms in total. The average molecular weight is 423 g/mol. The van der Waals surface area contributed by atoms with Gasteiger partial charge < -0.3 is 0 Å². The van der Waals surface area contributed by atoms with Crippen LogP contribution in [0.15, 0.2) is 18.2 Å². The molecule has 104 valence electrons. The first kappa shape index (κ1) is 14.5. The van der Waals surface area contributed by atoms with Crippen molar-refractivity contribution in [3.05, 3.63) is 54.8 Å². The first-order valence-electron chi connectivity index (χ1n) is 6.21. The number of halogens is 4. The summed E-state index contributed by atoms with van der Waals surface area (Å²) in [6, 6.07) is 4.63. The molecule has 0 unspecified atom stereocenters. The van der Waals surface area contributed by atoms with Gasteiger partial charge in [0, 0.05) is 22.9 Å². The van der Waals surface area contributed by atoms with Gasteiger partial charge in [-0.15, -0.1) is 0 Å². The molecule has 1 aromatic carbocycles. The van der Waals surface area contributed by atoms with Gasteiger partial charge in [0.2, 0.25) is 0 Å². The Hall–Kier alpha value is -0.460. The average Bonchev–Trinajstić information content (AvgIpc) is 3.22. The summed E-state index contributed by atoms with van der Waals surface area (Å²) in [5, 5.41) is 0.821. The van der Waals surface area contributed by atoms with Gasteiger partial charge >= 0.3 is 0 Å². The van der Waals surface area contributed by atoms with Crippen LogP contribution in [0, 0.1) is 9.39 Å². The normalized spacial score (nSPS) is 14.6. The number of aromatic nitrogens is 2. The molecule has 1 saturated carbocycles. The fraction of sp³-hybridized carbons (Fsp3) is 0.286. The molecule has 1 aliphatic carbocycles. The maximum atomic E-state index is 13.8. The minimum Gasteiger partial charge on any atom is -0.236 e. The molecule has 1 aromatic heterocycles. The van der Waals surface area contributed by atoms with Crippen molar-refractivity contribution < 1.29 is 4.39 Å². The molecule has 20 heavy (non-hydrogen) atoms. The lowest BCUT2D eigenvalue weighted by molar-refractivity contribution is 0.612. The van der Waals surface area contributed by atoms with Gasteiger partial charge in [-0.05, 0) is 47.6 Å². The molecular weight excluding hydrogens is 413 g/mol. The molecular formula is C14H10Cl2FIN2. The van der Waals surface area contributed by atoms with E-state index in [1.807, 2.05) is 0 Å². The van der Waals surface area contributed by atoms with Gasteiger partial charge in [0.25, 0.3) is 0 Å².